The number of rotatable bonds is 6. The zero-order chi connectivity index (χ0) is 24.0. The van der Waals surface area contributed by atoms with Gasteiger partial charge in [-0.15, -0.1) is 0 Å². The van der Waals surface area contributed by atoms with Gasteiger partial charge in [0.2, 0.25) is 5.95 Å². The third-order valence-corrected chi connectivity index (χ3v) is 9.02. The first-order chi connectivity index (χ1) is 16.3. The first kappa shape index (κ1) is 24.4. The number of hydrogen-bond donors (Lipinski definition) is 1. The fourth-order valence-electron chi connectivity index (χ4n) is 5.81. The van der Waals surface area contributed by atoms with E-state index in [0.717, 1.165) is 54.1 Å². The van der Waals surface area contributed by atoms with Crippen LogP contribution in [0.25, 0.3) is 0 Å². The summed E-state index contributed by atoms with van der Waals surface area (Å²) in [7, 11) is 0. The number of nitrogens with zero attached hydrogens (tertiary/aromatic N) is 4. The molecule has 0 radical (unpaired) electrons. The van der Waals surface area contributed by atoms with Gasteiger partial charge in [-0.1, -0.05) is 47.8 Å². The van der Waals surface area contributed by atoms with E-state index in [1.807, 2.05) is 26.0 Å². The van der Waals surface area contributed by atoms with Gasteiger partial charge >= 0.3 is 0 Å². The molecular weight excluding hydrogens is 489 g/mol. The summed E-state index contributed by atoms with van der Waals surface area (Å²) in [6.07, 6.45) is 5.46. The molecule has 5 rings (SSSR count). The van der Waals surface area contributed by atoms with Crippen molar-refractivity contribution in [1.29, 1.82) is 0 Å². The quantitative estimate of drug-likeness (QED) is 0.449. The van der Waals surface area contributed by atoms with Gasteiger partial charge in [-0.3, -0.25) is 0 Å². The fraction of sp³-hybridized carbons (Fsp3) is 0.615. The Balaban J connectivity index is 1.23. The molecule has 2 saturated heterocycles. The maximum absolute atomic E-state index is 6.59. The molecule has 1 aliphatic carbocycles. The summed E-state index contributed by atoms with van der Waals surface area (Å²) in [4.78, 5) is 14.6. The van der Waals surface area contributed by atoms with Crippen LogP contribution in [0.4, 0.5) is 11.8 Å². The summed E-state index contributed by atoms with van der Waals surface area (Å²) in [6, 6.07) is 6.30. The normalized spacial score (nSPS) is 26.6. The molecule has 1 saturated carbocycles. The summed E-state index contributed by atoms with van der Waals surface area (Å²) in [5.74, 6) is 3.84. The van der Waals surface area contributed by atoms with Crippen LogP contribution < -0.4 is 10.2 Å². The van der Waals surface area contributed by atoms with Crippen LogP contribution in [0.15, 0.2) is 18.2 Å². The van der Waals surface area contributed by atoms with Crippen LogP contribution in [0, 0.1) is 24.7 Å². The van der Waals surface area contributed by atoms with Gasteiger partial charge in [-0.25, -0.2) is 4.98 Å². The van der Waals surface area contributed by atoms with Crippen molar-refractivity contribution in [3.8, 4) is 0 Å². The van der Waals surface area contributed by atoms with Gasteiger partial charge in [-0.2, -0.15) is 4.98 Å². The Morgan fingerprint density at radius 1 is 1.06 bits per heavy atom. The van der Waals surface area contributed by atoms with Gasteiger partial charge in [0, 0.05) is 35.7 Å². The maximum atomic E-state index is 6.59. The largest absolute Gasteiger partial charge is 0.362 e. The Morgan fingerprint density at radius 3 is 2.53 bits per heavy atom. The number of aromatic nitrogens is 2. The Morgan fingerprint density at radius 2 is 1.82 bits per heavy atom. The SMILES string of the molecule is Cc1nc(N2CC([C@H]3CCCN(C4CC(C)C4)C3)C2)nc(N[C@H](C)c2ccc(Cl)cc2Cl)c1Cl. The van der Waals surface area contributed by atoms with Crippen LogP contribution in [0.2, 0.25) is 15.1 Å². The Kier molecular flexibility index (Phi) is 7.19. The van der Waals surface area contributed by atoms with E-state index in [0.29, 0.717) is 20.9 Å². The summed E-state index contributed by atoms with van der Waals surface area (Å²) >= 11 is 19.1. The van der Waals surface area contributed by atoms with E-state index in [1.165, 1.54) is 38.8 Å². The molecule has 2 aliphatic heterocycles. The highest BCUT2D eigenvalue weighted by atomic mass is 35.5. The highest BCUT2D eigenvalue weighted by Crippen LogP contribution is 2.39. The first-order valence-corrected chi connectivity index (χ1v) is 13.7. The molecule has 184 valence electrons. The summed E-state index contributed by atoms with van der Waals surface area (Å²) < 4.78 is 0. The van der Waals surface area contributed by atoms with Gasteiger partial charge in [-0.05, 0) is 81.5 Å². The van der Waals surface area contributed by atoms with E-state index in [4.69, 9.17) is 44.8 Å². The minimum atomic E-state index is -0.0731. The standard InChI is InChI=1S/C26H34Cl3N5/c1-15-9-21(10-15)33-8-4-5-18(12-33)19-13-34(14-19)26-31-17(3)24(29)25(32-26)30-16(2)22-7-6-20(27)11-23(22)28/h6-7,11,15-16,18-19,21H,4-5,8-10,12-14H2,1-3H3,(H,30,31,32)/t15?,16-,18+,21?/m1/s1. The average molecular weight is 523 g/mol. The number of hydrogen-bond acceptors (Lipinski definition) is 5. The molecule has 3 fully saturated rings. The van der Waals surface area contributed by atoms with E-state index >= 15 is 0 Å². The number of halogens is 3. The lowest BCUT2D eigenvalue weighted by Crippen LogP contribution is -2.56. The molecular formula is C26H34Cl3N5. The summed E-state index contributed by atoms with van der Waals surface area (Å²) in [6.45, 7) is 11.0. The summed E-state index contributed by atoms with van der Waals surface area (Å²) in [5.41, 5.74) is 1.74. The van der Waals surface area contributed by atoms with Crippen LogP contribution in [-0.4, -0.2) is 47.1 Å². The van der Waals surface area contributed by atoms with Crippen molar-refractivity contribution < 1.29 is 0 Å². The molecule has 0 bridgehead atoms. The second-order valence-electron chi connectivity index (χ2n) is 10.6. The van der Waals surface area contributed by atoms with E-state index in [9.17, 15) is 0 Å². The molecule has 34 heavy (non-hydrogen) atoms. The highest BCUT2D eigenvalue weighted by Gasteiger charge is 2.40. The molecule has 2 aromatic rings. The topological polar surface area (TPSA) is 44.3 Å². The van der Waals surface area contributed by atoms with Crippen molar-refractivity contribution in [3.05, 3.63) is 44.5 Å². The Labute approximate surface area is 218 Å². The van der Waals surface area contributed by atoms with E-state index in [-0.39, 0.29) is 6.04 Å². The highest BCUT2D eigenvalue weighted by molar-refractivity contribution is 6.35. The fourth-order valence-corrected chi connectivity index (χ4v) is 6.52. The molecule has 0 unspecified atom stereocenters. The molecule has 0 spiro atoms. The van der Waals surface area contributed by atoms with Gasteiger partial charge in [0.15, 0.2) is 5.82 Å². The molecule has 0 amide bonds. The van der Waals surface area contributed by atoms with Crippen molar-refractivity contribution in [2.75, 3.05) is 36.4 Å². The molecule has 1 N–H and O–H groups in total. The van der Waals surface area contributed by atoms with Gasteiger partial charge < -0.3 is 15.1 Å². The lowest BCUT2D eigenvalue weighted by atomic mass is 9.76. The molecule has 3 aliphatic rings. The van der Waals surface area contributed by atoms with Crippen molar-refractivity contribution >= 4 is 46.6 Å². The van der Waals surface area contributed by atoms with Crippen LogP contribution in [0.1, 0.15) is 56.8 Å². The first-order valence-electron chi connectivity index (χ1n) is 12.5. The number of nitrogens with one attached hydrogen (secondary N) is 1. The predicted octanol–water partition coefficient (Wildman–Crippen LogP) is 6.87. The third-order valence-electron chi connectivity index (χ3n) is 8.00. The number of benzene rings is 1. The van der Waals surface area contributed by atoms with E-state index in [2.05, 4.69) is 22.0 Å². The number of piperidine rings is 1. The van der Waals surface area contributed by atoms with Gasteiger partial charge in [0.05, 0.1) is 11.7 Å². The average Bonchev–Trinajstić information content (AvgIpc) is 2.74. The van der Waals surface area contributed by atoms with E-state index < -0.39 is 0 Å². The monoisotopic (exact) mass is 521 g/mol. The number of aryl methyl sites for hydroxylation is 1. The zero-order valence-corrected chi connectivity index (χ0v) is 22.5. The molecule has 1 aromatic carbocycles. The van der Waals surface area contributed by atoms with Gasteiger partial charge in [0.25, 0.3) is 0 Å². The number of likely N-dealkylation sites (tertiary alicyclic amines) is 1. The van der Waals surface area contributed by atoms with Crippen LogP contribution in [0.5, 0.6) is 0 Å². The van der Waals surface area contributed by atoms with Crippen LogP contribution in [-0.2, 0) is 0 Å². The lowest BCUT2D eigenvalue weighted by Gasteiger charge is -2.50. The molecule has 2 atom stereocenters. The second-order valence-corrected chi connectivity index (χ2v) is 11.8. The molecule has 8 heteroatoms. The van der Waals surface area contributed by atoms with Crippen LogP contribution in [0.3, 0.4) is 0 Å². The zero-order valence-electron chi connectivity index (χ0n) is 20.2. The van der Waals surface area contributed by atoms with Crippen LogP contribution >= 0.6 is 34.8 Å². The molecule has 3 heterocycles. The molecule has 5 nitrogen and oxygen atoms in total. The smallest absolute Gasteiger partial charge is 0.227 e. The summed E-state index contributed by atoms with van der Waals surface area (Å²) in [5, 5.41) is 5.23. The maximum Gasteiger partial charge on any atom is 0.227 e. The van der Waals surface area contributed by atoms with Gasteiger partial charge in [0.1, 0.15) is 5.02 Å². The number of anilines is 2. The minimum absolute atomic E-state index is 0.0731. The van der Waals surface area contributed by atoms with Crippen molar-refractivity contribution in [3.63, 3.8) is 0 Å². The van der Waals surface area contributed by atoms with E-state index in [1.54, 1.807) is 6.07 Å². The third kappa shape index (κ3) is 5.00. The van der Waals surface area contributed by atoms with Crippen molar-refractivity contribution in [1.82, 2.24) is 14.9 Å². The predicted molar refractivity (Wildman–Crippen MR) is 142 cm³/mol. The second kappa shape index (κ2) is 10.0. The lowest BCUT2D eigenvalue weighted by molar-refractivity contribution is 0.0294. The Bertz CT molecular complexity index is 1040. The minimum Gasteiger partial charge on any atom is -0.362 e. The Hall–Kier alpha value is -1.27. The molecule has 1 aromatic heterocycles. The van der Waals surface area contributed by atoms with Crippen molar-refractivity contribution in [2.24, 2.45) is 17.8 Å². The van der Waals surface area contributed by atoms with Crippen molar-refractivity contribution in [2.45, 2.75) is 58.5 Å².